The summed E-state index contributed by atoms with van der Waals surface area (Å²) in [5.41, 5.74) is 0.959. The summed E-state index contributed by atoms with van der Waals surface area (Å²) in [7, 11) is 0. The van der Waals surface area contributed by atoms with Gasteiger partial charge >= 0.3 is 4.87 Å². The summed E-state index contributed by atoms with van der Waals surface area (Å²) < 4.78 is 1.73. The number of rotatable bonds is 5. The Labute approximate surface area is 129 Å². The first kappa shape index (κ1) is 16.2. The Kier molecular flexibility index (Phi) is 5.99. The smallest absolute Gasteiger partial charge is 0.307 e. The van der Waals surface area contributed by atoms with Crippen LogP contribution in [0.15, 0.2) is 10.2 Å². The van der Waals surface area contributed by atoms with Gasteiger partial charge in [-0.25, -0.2) is 0 Å². The van der Waals surface area contributed by atoms with Crippen molar-refractivity contribution in [2.75, 3.05) is 13.2 Å². The predicted octanol–water partition coefficient (Wildman–Crippen LogP) is 1.76. The summed E-state index contributed by atoms with van der Waals surface area (Å²) in [6.07, 6.45) is 5.24. The van der Waals surface area contributed by atoms with E-state index in [9.17, 15) is 14.7 Å². The van der Waals surface area contributed by atoms with E-state index in [1.54, 1.807) is 4.57 Å². The number of hydrogen-bond donors (Lipinski definition) is 1. The zero-order valence-corrected chi connectivity index (χ0v) is 13.4. The Morgan fingerprint density at radius 1 is 1.43 bits per heavy atom. The third kappa shape index (κ3) is 4.17. The van der Waals surface area contributed by atoms with E-state index in [1.807, 2.05) is 17.2 Å². The molecule has 1 unspecified atom stereocenters. The number of aliphatic hydroxyl groups is 1. The predicted molar refractivity (Wildman–Crippen MR) is 83.6 cm³/mol. The van der Waals surface area contributed by atoms with Crippen molar-refractivity contribution in [1.82, 2.24) is 9.47 Å². The molecule has 1 fully saturated rings. The standard InChI is InChI=1S/C15H24N2O3S/c1-12-11-21-15(20)16(12)9-5-7-14(19)17-8-4-2-3-6-13(17)10-18/h11,13,18H,2-10H2,1H3. The molecule has 5 nitrogen and oxygen atoms in total. The average molecular weight is 312 g/mol. The Bertz CT molecular complexity index is 523. The average Bonchev–Trinajstić information content (AvgIpc) is 2.71. The van der Waals surface area contributed by atoms with Crippen LogP contribution in [0.2, 0.25) is 0 Å². The van der Waals surface area contributed by atoms with E-state index in [0.29, 0.717) is 19.4 Å². The molecule has 2 rings (SSSR count). The maximum absolute atomic E-state index is 12.3. The van der Waals surface area contributed by atoms with Crippen molar-refractivity contribution in [3.05, 3.63) is 20.7 Å². The van der Waals surface area contributed by atoms with Crippen molar-refractivity contribution >= 4 is 17.2 Å². The fourth-order valence-corrected chi connectivity index (χ4v) is 3.66. The molecule has 1 saturated heterocycles. The second-order valence-electron chi connectivity index (χ2n) is 5.67. The molecule has 1 aromatic rings. The number of carbonyl (C=O) groups is 1. The molecular weight excluding hydrogens is 288 g/mol. The number of likely N-dealkylation sites (tertiary alicyclic amines) is 1. The minimum atomic E-state index is -0.0226. The lowest BCUT2D eigenvalue weighted by molar-refractivity contribution is -0.134. The first-order chi connectivity index (χ1) is 10.1. The summed E-state index contributed by atoms with van der Waals surface area (Å²) in [5, 5.41) is 11.3. The van der Waals surface area contributed by atoms with Crippen LogP contribution in [-0.2, 0) is 11.3 Å². The molecule has 0 aromatic carbocycles. The van der Waals surface area contributed by atoms with Crippen LogP contribution in [0.1, 0.15) is 44.2 Å². The monoisotopic (exact) mass is 312 g/mol. The van der Waals surface area contributed by atoms with E-state index in [2.05, 4.69) is 0 Å². The molecule has 0 saturated carbocycles. The molecule has 1 aromatic heterocycles. The minimum absolute atomic E-state index is 0.0226. The third-order valence-electron chi connectivity index (χ3n) is 4.16. The van der Waals surface area contributed by atoms with Crippen molar-refractivity contribution in [3.63, 3.8) is 0 Å². The zero-order valence-electron chi connectivity index (χ0n) is 12.6. The zero-order chi connectivity index (χ0) is 15.2. The lowest BCUT2D eigenvalue weighted by Crippen LogP contribution is -2.42. The molecule has 2 heterocycles. The summed E-state index contributed by atoms with van der Waals surface area (Å²) >= 11 is 1.20. The molecule has 1 amide bonds. The van der Waals surface area contributed by atoms with Crippen LogP contribution in [0, 0.1) is 6.92 Å². The van der Waals surface area contributed by atoms with Crippen LogP contribution in [0.25, 0.3) is 0 Å². The second kappa shape index (κ2) is 7.75. The lowest BCUT2D eigenvalue weighted by atomic mass is 10.1. The molecule has 21 heavy (non-hydrogen) atoms. The van der Waals surface area contributed by atoms with Gasteiger partial charge in [0.15, 0.2) is 0 Å². The first-order valence-electron chi connectivity index (χ1n) is 7.68. The Hall–Kier alpha value is -1.14. The van der Waals surface area contributed by atoms with Crippen molar-refractivity contribution in [2.45, 2.75) is 58.0 Å². The highest BCUT2D eigenvalue weighted by Crippen LogP contribution is 2.18. The van der Waals surface area contributed by atoms with Gasteiger partial charge in [0.2, 0.25) is 5.91 Å². The van der Waals surface area contributed by atoms with Gasteiger partial charge in [-0.15, -0.1) is 0 Å². The third-order valence-corrected chi connectivity index (χ3v) is 5.04. The quantitative estimate of drug-likeness (QED) is 0.901. The second-order valence-corrected chi connectivity index (χ2v) is 6.49. The molecule has 0 bridgehead atoms. The summed E-state index contributed by atoms with van der Waals surface area (Å²) in [5.74, 6) is 0.108. The molecule has 1 atom stereocenters. The van der Waals surface area contributed by atoms with Gasteiger partial charge in [0, 0.05) is 30.6 Å². The van der Waals surface area contributed by atoms with Gasteiger partial charge in [-0.2, -0.15) is 0 Å². The molecular formula is C15H24N2O3S. The molecule has 1 N–H and O–H groups in total. The van der Waals surface area contributed by atoms with Crippen LogP contribution in [0.3, 0.4) is 0 Å². The molecule has 0 spiro atoms. The van der Waals surface area contributed by atoms with E-state index in [-0.39, 0.29) is 23.4 Å². The number of amides is 1. The Balaban J connectivity index is 1.87. The summed E-state index contributed by atoms with van der Waals surface area (Å²) in [6, 6.07) is -0.0226. The number of aliphatic hydroxyl groups excluding tert-OH is 1. The summed E-state index contributed by atoms with van der Waals surface area (Å²) in [4.78, 5) is 25.9. The lowest BCUT2D eigenvalue weighted by Gasteiger charge is -2.28. The van der Waals surface area contributed by atoms with E-state index < -0.39 is 0 Å². The van der Waals surface area contributed by atoms with Gasteiger partial charge < -0.3 is 14.6 Å². The molecule has 1 aliphatic heterocycles. The number of nitrogens with zero attached hydrogens (tertiary/aromatic N) is 2. The molecule has 1 aliphatic rings. The molecule has 118 valence electrons. The Morgan fingerprint density at radius 3 is 2.90 bits per heavy atom. The fraction of sp³-hybridized carbons (Fsp3) is 0.733. The maximum Gasteiger partial charge on any atom is 0.307 e. The van der Waals surface area contributed by atoms with Crippen molar-refractivity contribution in [2.24, 2.45) is 0 Å². The highest BCUT2D eigenvalue weighted by atomic mass is 32.1. The minimum Gasteiger partial charge on any atom is -0.394 e. The van der Waals surface area contributed by atoms with Crippen LogP contribution in [0.5, 0.6) is 0 Å². The topological polar surface area (TPSA) is 62.5 Å². The van der Waals surface area contributed by atoms with E-state index in [1.165, 1.54) is 11.3 Å². The number of thiazole rings is 1. The summed E-state index contributed by atoms with van der Waals surface area (Å²) in [6.45, 7) is 3.31. The highest BCUT2D eigenvalue weighted by molar-refractivity contribution is 7.07. The largest absolute Gasteiger partial charge is 0.394 e. The van der Waals surface area contributed by atoms with Gasteiger partial charge in [-0.1, -0.05) is 24.2 Å². The normalized spacial score (nSPS) is 19.5. The van der Waals surface area contributed by atoms with Gasteiger partial charge in [0.1, 0.15) is 0 Å². The van der Waals surface area contributed by atoms with Crippen LogP contribution in [0.4, 0.5) is 0 Å². The number of hydrogen-bond acceptors (Lipinski definition) is 4. The van der Waals surface area contributed by atoms with Gasteiger partial charge in [-0.05, 0) is 26.2 Å². The highest BCUT2D eigenvalue weighted by Gasteiger charge is 2.24. The van der Waals surface area contributed by atoms with Crippen molar-refractivity contribution in [1.29, 1.82) is 0 Å². The molecule has 0 aliphatic carbocycles. The van der Waals surface area contributed by atoms with Crippen molar-refractivity contribution < 1.29 is 9.90 Å². The number of aryl methyl sites for hydroxylation is 1. The number of carbonyl (C=O) groups excluding carboxylic acids is 1. The maximum atomic E-state index is 12.3. The number of aromatic nitrogens is 1. The first-order valence-corrected chi connectivity index (χ1v) is 8.56. The van der Waals surface area contributed by atoms with Crippen molar-refractivity contribution in [3.8, 4) is 0 Å². The van der Waals surface area contributed by atoms with Crippen LogP contribution in [-0.4, -0.2) is 39.7 Å². The van der Waals surface area contributed by atoms with Crippen LogP contribution < -0.4 is 4.87 Å². The fourth-order valence-electron chi connectivity index (χ4n) is 2.90. The molecule has 6 heteroatoms. The van der Waals surface area contributed by atoms with E-state index in [4.69, 9.17) is 0 Å². The van der Waals surface area contributed by atoms with Gasteiger partial charge in [-0.3, -0.25) is 9.59 Å². The van der Waals surface area contributed by atoms with E-state index in [0.717, 1.165) is 37.9 Å². The van der Waals surface area contributed by atoms with Gasteiger partial charge in [0.25, 0.3) is 0 Å². The van der Waals surface area contributed by atoms with Crippen LogP contribution >= 0.6 is 11.3 Å². The SMILES string of the molecule is Cc1csc(=O)n1CCCC(=O)N1CCCCCC1CO. The van der Waals surface area contributed by atoms with Gasteiger partial charge in [0.05, 0.1) is 12.6 Å². The Morgan fingerprint density at radius 2 is 2.24 bits per heavy atom. The molecule has 0 radical (unpaired) electrons. The van der Waals surface area contributed by atoms with E-state index >= 15 is 0 Å².